The van der Waals surface area contributed by atoms with Crippen molar-refractivity contribution in [3.8, 4) is 0 Å². The van der Waals surface area contributed by atoms with Gasteiger partial charge in [-0.15, -0.1) is 0 Å². The number of allylic oxidation sites excluding steroid dienone is 2. The molecule has 3 rings (SSSR count). The van der Waals surface area contributed by atoms with Crippen molar-refractivity contribution >= 4 is 5.91 Å². The third-order valence-electron chi connectivity index (χ3n) is 5.43. The summed E-state index contributed by atoms with van der Waals surface area (Å²) in [5.41, 5.74) is 2.54. The highest BCUT2D eigenvalue weighted by molar-refractivity contribution is 5.79. The lowest BCUT2D eigenvalue weighted by molar-refractivity contribution is -0.137. The molecule has 0 unspecified atom stereocenters. The molecule has 0 N–H and O–H groups in total. The Morgan fingerprint density at radius 3 is 3.04 bits per heavy atom. The second kappa shape index (κ2) is 7.97. The van der Waals surface area contributed by atoms with E-state index >= 15 is 0 Å². The molecule has 2 aliphatic carbocycles. The molecule has 0 radical (unpaired) electrons. The smallest absolute Gasteiger partial charge is 0.226 e. The largest absolute Gasteiger partial charge is 0.383 e. The normalized spacial score (nSPS) is 23.1. The minimum Gasteiger partial charge on any atom is -0.383 e. The van der Waals surface area contributed by atoms with E-state index in [4.69, 9.17) is 4.74 Å². The quantitative estimate of drug-likeness (QED) is 0.752. The third-order valence-corrected chi connectivity index (χ3v) is 5.43. The highest BCUT2D eigenvalue weighted by Crippen LogP contribution is 2.27. The van der Waals surface area contributed by atoms with Crippen LogP contribution in [-0.4, -0.2) is 47.4 Å². The van der Waals surface area contributed by atoms with Gasteiger partial charge in [0.1, 0.15) is 0 Å². The molecule has 0 saturated heterocycles. The van der Waals surface area contributed by atoms with E-state index in [-0.39, 0.29) is 5.92 Å². The van der Waals surface area contributed by atoms with Crippen LogP contribution in [0.15, 0.2) is 18.3 Å². The highest BCUT2D eigenvalue weighted by Gasteiger charge is 2.31. The number of hydrogen-bond acceptors (Lipinski definition) is 3. The SMILES string of the molecule is COCCN(C[C@@H]1CC=CCC1)C(=O)[C@H]1CCc2cnn(C)c2C1. The van der Waals surface area contributed by atoms with Crippen LogP contribution < -0.4 is 0 Å². The summed E-state index contributed by atoms with van der Waals surface area (Å²) < 4.78 is 7.17. The second-order valence-corrected chi connectivity index (χ2v) is 7.11. The first-order chi connectivity index (χ1) is 11.7. The molecule has 0 bridgehead atoms. The van der Waals surface area contributed by atoms with Crippen molar-refractivity contribution < 1.29 is 9.53 Å². The van der Waals surface area contributed by atoms with Gasteiger partial charge in [-0.1, -0.05) is 12.2 Å². The standard InChI is InChI=1S/C19H29N3O2/c1-21-18-12-16(8-9-17(18)13-20-21)19(23)22(10-11-24-2)14-15-6-4-3-5-7-15/h3-4,13,15-16H,5-12,14H2,1-2H3/t15-,16+/m1/s1. The molecular formula is C19H29N3O2. The van der Waals surface area contributed by atoms with E-state index in [1.807, 2.05) is 17.9 Å². The van der Waals surface area contributed by atoms with Crippen molar-refractivity contribution in [2.45, 2.75) is 38.5 Å². The van der Waals surface area contributed by atoms with Crippen molar-refractivity contribution in [3.05, 3.63) is 29.6 Å². The number of hydrogen-bond donors (Lipinski definition) is 0. The van der Waals surface area contributed by atoms with Crippen LogP contribution in [0.1, 0.15) is 36.9 Å². The summed E-state index contributed by atoms with van der Waals surface area (Å²) in [6, 6.07) is 0. The first-order valence-corrected chi connectivity index (χ1v) is 9.11. The van der Waals surface area contributed by atoms with E-state index in [1.54, 1.807) is 7.11 Å². The number of ether oxygens (including phenoxy) is 1. The highest BCUT2D eigenvalue weighted by atomic mass is 16.5. The van der Waals surface area contributed by atoms with Gasteiger partial charge in [-0.2, -0.15) is 5.10 Å². The van der Waals surface area contributed by atoms with Crippen LogP contribution in [0.2, 0.25) is 0 Å². The minimum atomic E-state index is 0.0869. The summed E-state index contributed by atoms with van der Waals surface area (Å²) >= 11 is 0. The number of rotatable bonds is 6. The van der Waals surface area contributed by atoms with Crippen molar-refractivity contribution in [2.75, 3.05) is 26.8 Å². The van der Waals surface area contributed by atoms with Gasteiger partial charge in [0.25, 0.3) is 0 Å². The van der Waals surface area contributed by atoms with Gasteiger partial charge >= 0.3 is 0 Å². The molecule has 0 fully saturated rings. The zero-order valence-electron chi connectivity index (χ0n) is 14.9. The molecule has 1 heterocycles. The van der Waals surface area contributed by atoms with Crippen molar-refractivity contribution in [3.63, 3.8) is 0 Å². The number of carbonyl (C=O) groups excluding carboxylic acids is 1. The molecule has 24 heavy (non-hydrogen) atoms. The molecule has 1 amide bonds. The fraction of sp³-hybridized carbons (Fsp3) is 0.684. The third kappa shape index (κ3) is 3.89. The summed E-state index contributed by atoms with van der Waals surface area (Å²) in [6.45, 7) is 2.17. The van der Waals surface area contributed by atoms with Crippen molar-refractivity contribution in [1.29, 1.82) is 0 Å². The Morgan fingerprint density at radius 1 is 1.42 bits per heavy atom. The van der Waals surface area contributed by atoms with E-state index in [2.05, 4.69) is 22.2 Å². The molecule has 5 heteroatoms. The Balaban J connectivity index is 1.66. The maximum atomic E-state index is 13.1. The van der Waals surface area contributed by atoms with Crippen molar-refractivity contribution in [1.82, 2.24) is 14.7 Å². The average molecular weight is 331 g/mol. The molecule has 0 aliphatic heterocycles. The molecule has 1 aromatic rings. The number of fused-ring (bicyclic) bond motifs is 1. The Kier molecular flexibility index (Phi) is 5.72. The fourth-order valence-electron chi connectivity index (χ4n) is 3.94. The number of carbonyl (C=O) groups is 1. The van der Waals surface area contributed by atoms with Crippen LogP contribution in [0.25, 0.3) is 0 Å². The predicted octanol–water partition coefficient (Wildman–Crippen LogP) is 2.36. The topological polar surface area (TPSA) is 47.4 Å². The van der Waals surface area contributed by atoms with E-state index in [0.29, 0.717) is 25.0 Å². The lowest BCUT2D eigenvalue weighted by atomic mass is 9.86. The van der Waals surface area contributed by atoms with Crippen LogP contribution in [0.4, 0.5) is 0 Å². The molecule has 1 aromatic heterocycles. The van der Waals surface area contributed by atoms with Gasteiger partial charge in [0.2, 0.25) is 5.91 Å². The molecule has 0 saturated carbocycles. The van der Waals surface area contributed by atoms with Crippen LogP contribution in [0.5, 0.6) is 0 Å². The average Bonchev–Trinajstić information content (AvgIpc) is 2.99. The Hall–Kier alpha value is -1.62. The van der Waals surface area contributed by atoms with Gasteiger partial charge in [-0.05, 0) is 43.6 Å². The van der Waals surface area contributed by atoms with E-state index in [0.717, 1.165) is 38.6 Å². The second-order valence-electron chi connectivity index (χ2n) is 7.11. The Bertz CT molecular complexity index is 593. The number of nitrogens with zero attached hydrogens (tertiary/aromatic N) is 3. The maximum Gasteiger partial charge on any atom is 0.226 e. The van der Waals surface area contributed by atoms with Crippen LogP contribution >= 0.6 is 0 Å². The molecule has 132 valence electrons. The Labute approximate surface area is 144 Å². The number of methoxy groups -OCH3 is 1. The van der Waals surface area contributed by atoms with Crippen LogP contribution in [0.3, 0.4) is 0 Å². The number of amides is 1. The minimum absolute atomic E-state index is 0.0869. The zero-order valence-corrected chi connectivity index (χ0v) is 14.9. The first kappa shape index (κ1) is 17.2. The van der Waals surface area contributed by atoms with Gasteiger partial charge < -0.3 is 9.64 Å². The molecule has 2 atom stereocenters. The van der Waals surface area contributed by atoms with E-state index < -0.39 is 0 Å². The molecule has 2 aliphatic rings. The van der Waals surface area contributed by atoms with Crippen LogP contribution in [0, 0.1) is 11.8 Å². The predicted molar refractivity (Wildman–Crippen MR) is 93.7 cm³/mol. The van der Waals surface area contributed by atoms with Gasteiger partial charge in [-0.3, -0.25) is 9.48 Å². The van der Waals surface area contributed by atoms with Crippen LogP contribution in [-0.2, 0) is 29.4 Å². The van der Waals surface area contributed by atoms with Gasteiger partial charge in [-0.25, -0.2) is 0 Å². The maximum absolute atomic E-state index is 13.1. The number of aryl methyl sites for hydroxylation is 2. The molecule has 5 nitrogen and oxygen atoms in total. The molecule has 0 spiro atoms. The summed E-state index contributed by atoms with van der Waals surface area (Å²) in [4.78, 5) is 15.2. The number of aromatic nitrogens is 2. The zero-order chi connectivity index (χ0) is 16.9. The van der Waals surface area contributed by atoms with Gasteiger partial charge in [0.05, 0.1) is 12.8 Å². The van der Waals surface area contributed by atoms with E-state index in [1.165, 1.54) is 17.7 Å². The summed E-state index contributed by atoms with van der Waals surface area (Å²) in [6.07, 6.45) is 12.6. The molecule has 0 aromatic carbocycles. The van der Waals surface area contributed by atoms with Gasteiger partial charge in [0.15, 0.2) is 0 Å². The summed E-state index contributed by atoms with van der Waals surface area (Å²) in [5, 5.41) is 4.34. The first-order valence-electron chi connectivity index (χ1n) is 9.11. The van der Waals surface area contributed by atoms with Gasteiger partial charge in [0, 0.05) is 45.3 Å². The summed E-state index contributed by atoms with van der Waals surface area (Å²) in [5.74, 6) is 0.976. The van der Waals surface area contributed by atoms with E-state index in [9.17, 15) is 4.79 Å². The molecular weight excluding hydrogens is 302 g/mol. The fourth-order valence-corrected chi connectivity index (χ4v) is 3.94. The van der Waals surface area contributed by atoms with Crippen molar-refractivity contribution in [2.24, 2.45) is 18.9 Å². The lowest BCUT2D eigenvalue weighted by Crippen LogP contribution is -2.43. The lowest BCUT2D eigenvalue weighted by Gasteiger charge is -2.32. The monoisotopic (exact) mass is 331 g/mol. The summed E-state index contributed by atoms with van der Waals surface area (Å²) in [7, 11) is 3.68. The Morgan fingerprint density at radius 2 is 2.29 bits per heavy atom.